The summed E-state index contributed by atoms with van der Waals surface area (Å²) in [6, 6.07) is 14.4. The van der Waals surface area contributed by atoms with Crippen LogP contribution in [0.1, 0.15) is 80.0 Å². The molecule has 6 heteroatoms. The quantitative estimate of drug-likeness (QED) is 0.221. The Kier molecular flexibility index (Phi) is 12.5. The van der Waals surface area contributed by atoms with E-state index in [4.69, 9.17) is 4.74 Å². The van der Waals surface area contributed by atoms with Gasteiger partial charge in [-0.2, -0.15) is 0 Å². The number of hydrogen-bond donors (Lipinski definition) is 1. The monoisotopic (exact) mass is 496 g/mol. The normalized spacial score (nSPS) is 11.2. The number of likely N-dealkylation sites (N-methyl/N-ethyl adjacent to an activating group) is 2. The number of benzene rings is 2. The highest BCUT2D eigenvalue weighted by Gasteiger charge is 2.20. The molecule has 0 saturated carbocycles. The zero-order chi connectivity index (χ0) is 26.4. The second-order valence-corrected chi connectivity index (χ2v) is 9.85. The average molecular weight is 497 g/mol. The number of rotatable bonds is 16. The van der Waals surface area contributed by atoms with Crippen LogP contribution in [0.4, 0.5) is 5.69 Å². The third-order valence-corrected chi connectivity index (χ3v) is 7.13. The maximum atomic E-state index is 12.9. The molecule has 0 heterocycles. The van der Waals surface area contributed by atoms with Crippen molar-refractivity contribution in [1.82, 2.24) is 4.90 Å². The summed E-state index contributed by atoms with van der Waals surface area (Å²) in [5.74, 6) is 0.363. The van der Waals surface area contributed by atoms with Gasteiger partial charge in [0, 0.05) is 18.3 Å². The van der Waals surface area contributed by atoms with Crippen LogP contribution in [-0.4, -0.2) is 68.1 Å². The number of nitrogens with one attached hydrogen (secondary N) is 1. The number of amides is 2. The Labute approximate surface area is 218 Å². The number of unbranched alkanes of at least 4 members (excludes halogenated alkanes) is 5. The van der Waals surface area contributed by atoms with Crippen molar-refractivity contribution in [2.24, 2.45) is 0 Å². The number of carbonyl (C=O) groups is 2. The van der Waals surface area contributed by atoms with E-state index in [2.05, 4.69) is 33.1 Å². The molecule has 2 rings (SSSR count). The van der Waals surface area contributed by atoms with E-state index in [1.165, 1.54) is 25.7 Å². The molecule has 2 amide bonds. The molecular weight excluding hydrogens is 450 g/mol. The van der Waals surface area contributed by atoms with E-state index >= 15 is 0 Å². The van der Waals surface area contributed by atoms with Crippen molar-refractivity contribution in [2.75, 3.05) is 52.2 Å². The van der Waals surface area contributed by atoms with Crippen LogP contribution >= 0.6 is 0 Å². The molecule has 1 N–H and O–H groups in total. The van der Waals surface area contributed by atoms with E-state index in [-0.39, 0.29) is 11.8 Å². The van der Waals surface area contributed by atoms with Crippen LogP contribution in [0.5, 0.6) is 5.75 Å². The Bertz CT molecular complexity index is 939. The molecule has 0 aliphatic carbocycles. The van der Waals surface area contributed by atoms with Crippen LogP contribution in [0.15, 0.2) is 48.5 Å². The van der Waals surface area contributed by atoms with E-state index in [1.807, 2.05) is 25.2 Å². The molecule has 0 aromatic heterocycles. The summed E-state index contributed by atoms with van der Waals surface area (Å²) in [5, 5.41) is 2.93. The summed E-state index contributed by atoms with van der Waals surface area (Å²) < 4.78 is 6.87. The van der Waals surface area contributed by atoms with E-state index in [0.717, 1.165) is 37.0 Å². The second-order valence-electron chi connectivity index (χ2n) is 9.85. The molecule has 0 radical (unpaired) electrons. The largest absolute Gasteiger partial charge is 0.493 e. The van der Waals surface area contributed by atoms with Crippen LogP contribution < -0.4 is 10.1 Å². The molecule has 36 heavy (non-hydrogen) atoms. The van der Waals surface area contributed by atoms with Gasteiger partial charge in [-0.3, -0.25) is 9.59 Å². The highest BCUT2D eigenvalue weighted by Crippen LogP contribution is 2.21. The van der Waals surface area contributed by atoms with E-state index in [9.17, 15) is 9.59 Å². The number of carbonyl (C=O) groups excluding carboxylic acids is 2. The Morgan fingerprint density at radius 1 is 0.889 bits per heavy atom. The first-order valence-corrected chi connectivity index (χ1v) is 13.6. The maximum absolute atomic E-state index is 12.9. The van der Waals surface area contributed by atoms with Crippen LogP contribution in [0, 0.1) is 0 Å². The number of para-hydroxylation sites is 1. The minimum Gasteiger partial charge on any atom is -0.493 e. The molecule has 0 atom stereocenters. The Morgan fingerprint density at radius 2 is 1.53 bits per heavy atom. The summed E-state index contributed by atoms with van der Waals surface area (Å²) in [6.45, 7) is 10.9. The summed E-state index contributed by atoms with van der Waals surface area (Å²) in [5.41, 5.74) is 1.77. The topological polar surface area (TPSA) is 58.6 Å². The summed E-state index contributed by atoms with van der Waals surface area (Å²) in [7, 11) is 4.06. The Morgan fingerprint density at radius 3 is 2.19 bits per heavy atom. The van der Waals surface area contributed by atoms with E-state index in [1.54, 1.807) is 35.2 Å². The van der Waals surface area contributed by atoms with Crippen molar-refractivity contribution in [3.8, 4) is 5.75 Å². The van der Waals surface area contributed by atoms with Gasteiger partial charge in [0.05, 0.1) is 45.4 Å². The van der Waals surface area contributed by atoms with Crippen molar-refractivity contribution in [3.63, 3.8) is 0 Å². The van der Waals surface area contributed by atoms with Gasteiger partial charge in [0.15, 0.2) is 0 Å². The van der Waals surface area contributed by atoms with Crippen molar-refractivity contribution >= 4 is 17.5 Å². The molecule has 2 aromatic carbocycles. The van der Waals surface area contributed by atoms with Crippen LogP contribution in [0.25, 0.3) is 0 Å². The molecule has 0 saturated heterocycles. The number of anilines is 1. The minimum absolute atomic E-state index is 0.0138. The van der Waals surface area contributed by atoms with Gasteiger partial charge in [-0.05, 0) is 56.7 Å². The van der Waals surface area contributed by atoms with E-state index in [0.29, 0.717) is 35.7 Å². The molecule has 6 nitrogen and oxygen atoms in total. The number of hydrogen-bond acceptors (Lipinski definition) is 3. The predicted molar refractivity (Wildman–Crippen MR) is 149 cm³/mol. The second kappa shape index (κ2) is 15.3. The molecule has 0 aliphatic heterocycles. The fourth-order valence-electron chi connectivity index (χ4n) is 3.99. The highest BCUT2D eigenvalue weighted by atomic mass is 16.5. The zero-order valence-corrected chi connectivity index (χ0v) is 23.0. The van der Waals surface area contributed by atoms with Crippen LogP contribution in [0.2, 0.25) is 0 Å². The molecular formula is C30H46N3O3+. The first-order chi connectivity index (χ1) is 17.3. The van der Waals surface area contributed by atoms with Crippen LogP contribution in [-0.2, 0) is 0 Å². The van der Waals surface area contributed by atoms with Gasteiger partial charge in [-0.1, -0.05) is 51.2 Å². The molecule has 0 aliphatic rings. The fourth-order valence-corrected chi connectivity index (χ4v) is 3.99. The Balaban J connectivity index is 1.90. The lowest BCUT2D eigenvalue weighted by molar-refractivity contribution is -0.905. The van der Waals surface area contributed by atoms with Gasteiger partial charge in [0.25, 0.3) is 11.8 Å². The number of ether oxygens (including phenoxy) is 1. The van der Waals surface area contributed by atoms with Gasteiger partial charge in [-0.25, -0.2) is 0 Å². The number of quaternary nitrogens is 1. The number of nitrogens with zero attached hydrogens (tertiary/aromatic N) is 2. The maximum Gasteiger partial charge on any atom is 0.259 e. The molecule has 0 unspecified atom stereocenters. The lowest BCUT2D eigenvalue weighted by Crippen LogP contribution is -2.48. The molecule has 198 valence electrons. The summed E-state index contributed by atoms with van der Waals surface area (Å²) in [4.78, 5) is 27.6. The molecule has 0 bridgehead atoms. The standard InChI is InChI=1S/C30H45N3O3/c1-6-9-10-11-12-15-24-36-28-17-14-13-16-27(28)29(34)31-26-20-18-25(19-21-26)30(35)32(4)22-23-33(5,7-2)8-3/h13-14,16-21H,6-12,15,22-24H2,1-5H3/p+1. The first-order valence-electron chi connectivity index (χ1n) is 13.6. The van der Waals surface area contributed by atoms with Crippen molar-refractivity contribution in [1.29, 1.82) is 0 Å². The molecule has 0 spiro atoms. The Hall–Kier alpha value is -2.86. The smallest absolute Gasteiger partial charge is 0.259 e. The van der Waals surface area contributed by atoms with Crippen molar-refractivity contribution in [2.45, 2.75) is 59.3 Å². The molecule has 0 fully saturated rings. The van der Waals surface area contributed by atoms with E-state index < -0.39 is 0 Å². The SMILES string of the molecule is CCCCCCCCOc1ccccc1C(=O)Nc1ccc(C(=O)N(C)CC[N+](C)(CC)CC)cc1. The third-order valence-electron chi connectivity index (χ3n) is 7.13. The van der Waals surface area contributed by atoms with Crippen LogP contribution in [0.3, 0.4) is 0 Å². The van der Waals surface area contributed by atoms with Gasteiger partial charge >= 0.3 is 0 Å². The third kappa shape index (κ3) is 9.30. The highest BCUT2D eigenvalue weighted by molar-refractivity contribution is 6.06. The predicted octanol–water partition coefficient (Wildman–Crippen LogP) is 6.24. The lowest BCUT2D eigenvalue weighted by atomic mass is 10.1. The lowest BCUT2D eigenvalue weighted by Gasteiger charge is -2.33. The zero-order valence-electron chi connectivity index (χ0n) is 23.0. The van der Waals surface area contributed by atoms with Crippen molar-refractivity contribution in [3.05, 3.63) is 59.7 Å². The van der Waals surface area contributed by atoms with Gasteiger partial charge in [0.1, 0.15) is 5.75 Å². The average Bonchev–Trinajstić information content (AvgIpc) is 2.91. The first kappa shape index (κ1) is 29.4. The summed E-state index contributed by atoms with van der Waals surface area (Å²) >= 11 is 0. The van der Waals surface area contributed by atoms with Crippen molar-refractivity contribution < 1.29 is 18.8 Å². The fraction of sp³-hybridized carbons (Fsp3) is 0.533. The van der Waals surface area contributed by atoms with Gasteiger partial charge in [-0.15, -0.1) is 0 Å². The summed E-state index contributed by atoms with van der Waals surface area (Å²) in [6.07, 6.45) is 7.15. The minimum atomic E-state index is -0.221. The van der Waals surface area contributed by atoms with Gasteiger partial charge < -0.3 is 19.4 Å². The molecule has 2 aromatic rings. The van der Waals surface area contributed by atoms with Gasteiger partial charge in [0.2, 0.25) is 0 Å².